The zero-order valence-corrected chi connectivity index (χ0v) is 22.3. The Bertz CT molecular complexity index is 998. The second-order valence-corrected chi connectivity index (χ2v) is 13.2. The minimum Gasteiger partial charge on any atom is -0.477 e. The van der Waals surface area contributed by atoms with E-state index in [0.29, 0.717) is 52.2 Å². The first kappa shape index (κ1) is 23.8. The van der Waals surface area contributed by atoms with E-state index < -0.39 is 0 Å². The molecular formula is C30H44N2O3. The van der Waals surface area contributed by atoms with Crippen LogP contribution in [0.25, 0.3) is 0 Å². The number of methoxy groups -OCH3 is 1. The molecule has 5 heteroatoms. The first-order chi connectivity index (χ1) is 16.8. The minimum absolute atomic E-state index is 0.106. The molecule has 0 bridgehead atoms. The Labute approximate surface area is 211 Å². The number of carbonyl (C=O) groups is 1. The Kier molecular flexibility index (Phi) is 5.56. The molecule has 1 aromatic heterocycles. The van der Waals surface area contributed by atoms with E-state index in [1.165, 1.54) is 51.4 Å². The lowest BCUT2D eigenvalue weighted by molar-refractivity contribution is -0.161. The van der Waals surface area contributed by atoms with E-state index in [-0.39, 0.29) is 5.91 Å². The van der Waals surface area contributed by atoms with Gasteiger partial charge in [0.25, 0.3) is 5.91 Å². The number of ether oxygens (including phenoxy) is 2. The van der Waals surface area contributed by atoms with Gasteiger partial charge in [0.2, 0.25) is 5.88 Å². The predicted octanol–water partition coefficient (Wildman–Crippen LogP) is 5.74. The lowest BCUT2D eigenvalue weighted by Crippen LogP contribution is -2.57. The predicted molar refractivity (Wildman–Crippen MR) is 136 cm³/mol. The Balaban J connectivity index is 1.17. The average molecular weight is 481 g/mol. The molecule has 0 aromatic carbocycles. The number of carbonyl (C=O) groups excluding carboxylic acids is 1. The van der Waals surface area contributed by atoms with Gasteiger partial charge in [0.1, 0.15) is 0 Å². The van der Waals surface area contributed by atoms with Crippen LogP contribution in [0.1, 0.15) is 82.5 Å². The summed E-state index contributed by atoms with van der Waals surface area (Å²) in [6.07, 6.45) is 13.2. The molecule has 192 valence electrons. The maximum Gasteiger partial charge on any atom is 0.251 e. The third-order valence-corrected chi connectivity index (χ3v) is 12.3. The van der Waals surface area contributed by atoms with Crippen LogP contribution in [-0.4, -0.2) is 37.8 Å². The molecule has 0 aliphatic heterocycles. The largest absolute Gasteiger partial charge is 0.477 e. The van der Waals surface area contributed by atoms with Crippen LogP contribution in [0.15, 0.2) is 18.3 Å². The molecular weight excluding hydrogens is 436 g/mol. The fourth-order valence-corrected chi connectivity index (χ4v) is 10.7. The molecule has 5 aliphatic carbocycles. The Morgan fingerprint density at radius 3 is 2.77 bits per heavy atom. The molecule has 5 nitrogen and oxygen atoms in total. The van der Waals surface area contributed by atoms with Crippen LogP contribution in [-0.2, 0) is 4.74 Å². The van der Waals surface area contributed by atoms with Crippen molar-refractivity contribution in [3.63, 3.8) is 0 Å². The van der Waals surface area contributed by atoms with Crippen molar-refractivity contribution < 1.29 is 14.3 Å². The lowest BCUT2D eigenvalue weighted by atomic mass is 9.45. The molecule has 6 rings (SSSR count). The van der Waals surface area contributed by atoms with Crippen LogP contribution in [0.5, 0.6) is 5.88 Å². The zero-order valence-electron chi connectivity index (χ0n) is 22.3. The highest BCUT2D eigenvalue weighted by Crippen LogP contribution is 2.82. The van der Waals surface area contributed by atoms with Crippen molar-refractivity contribution in [3.8, 4) is 5.88 Å². The normalized spacial score (nSPS) is 46.1. The Hall–Kier alpha value is -1.62. The third-order valence-electron chi connectivity index (χ3n) is 12.3. The van der Waals surface area contributed by atoms with Gasteiger partial charge >= 0.3 is 0 Å². The maximum atomic E-state index is 12.0. The molecule has 1 aromatic rings. The number of hydrogen-bond donors (Lipinski definition) is 1. The quantitative estimate of drug-likeness (QED) is 0.564. The summed E-state index contributed by atoms with van der Waals surface area (Å²) in [5, 5.41) is 2.67. The molecule has 1 heterocycles. The van der Waals surface area contributed by atoms with Crippen molar-refractivity contribution in [2.45, 2.75) is 78.2 Å². The highest BCUT2D eigenvalue weighted by Gasteiger charge is 2.77. The van der Waals surface area contributed by atoms with Crippen molar-refractivity contribution in [2.24, 2.45) is 51.8 Å². The van der Waals surface area contributed by atoms with E-state index in [0.717, 1.165) is 23.7 Å². The zero-order chi connectivity index (χ0) is 24.6. The van der Waals surface area contributed by atoms with Crippen molar-refractivity contribution in [1.82, 2.24) is 10.3 Å². The van der Waals surface area contributed by atoms with Crippen LogP contribution in [0.4, 0.5) is 0 Å². The summed E-state index contributed by atoms with van der Waals surface area (Å²) in [4.78, 5) is 16.3. The van der Waals surface area contributed by atoms with Crippen molar-refractivity contribution in [2.75, 3.05) is 20.8 Å². The van der Waals surface area contributed by atoms with E-state index in [1.807, 2.05) is 7.11 Å². The number of amides is 1. The van der Waals surface area contributed by atoms with Crippen molar-refractivity contribution >= 4 is 5.91 Å². The number of fused-ring (bicyclic) bond motifs is 4. The summed E-state index contributed by atoms with van der Waals surface area (Å²) in [5.74, 6) is 5.05. The van der Waals surface area contributed by atoms with Crippen molar-refractivity contribution in [3.05, 3.63) is 23.9 Å². The summed E-state index contributed by atoms with van der Waals surface area (Å²) in [6.45, 7) is 8.30. The molecule has 1 spiro atoms. The second-order valence-electron chi connectivity index (χ2n) is 13.2. The van der Waals surface area contributed by atoms with E-state index in [2.05, 4.69) is 31.1 Å². The smallest absolute Gasteiger partial charge is 0.251 e. The summed E-state index contributed by atoms with van der Waals surface area (Å²) >= 11 is 0. The van der Waals surface area contributed by atoms with Crippen LogP contribution in [0, 0.1) is 51.8 Å². The van der Waals surface area contributed by atoms with Gasteiger partial charge in [-0.15, -0.1) is 0 Å². The number of pyridine rings is 1. The van der Waals surface area contributed by atoms with Gasteiger partial charge < -0.3 is 14.8 Å². The molecule has 5 aliphatic rings. The molecule has 10 atom stereocenters. The molecule has 35 heavy (non-hydrogen) atoms. The minimum atomic E-state index is -0.106. The number of hydrogen-bond acceptors (Lipinski definition) is 4. The molecule has 0 saturated heterocycles. The third kappa shape index (κ3) is 3.22. The van der Waals surface area contributed by atoms with Gasteiger partial charge in [-0.2, -0.15) is 0 Å². The van der Waals surface area contributed by atoms with Gasteiger partial charge in [0.05, 0.1) is 12.7 Å². The molecule has 1 N–H and O–H groups in total. The Morgan fingerprint density at radius 2 is 2.03 bits per heavy atom. The van der Waals surface area contributed by atoms with Crippen LogP contribution >= 0.6 is 0 Å². The summed E-state index contributed by atoms with van der Waals surface area (Å²) in [6, 6.07) is 3.48. The molecule has 2 unspecified atom stereocenters. The first-order valence-corrected chi connectivity index (χ1v) is 14.1. The molecule has 0 radical (unpaired) electrons. The van der Waals surface area contributed by atoms with Gasteiger partial charge in [-0.1, -0.05) is 20.8 Å². The fourth-order valence-electron chi connectivity index (χ4n) is 10.7. The summed E-state index contributed by atoms with van der Waals surface area (Å²) in [7, 11) is 3.63. The van der Waals surface area contributed by atoms with Crippen molar-refractivity contribution in [1.29, 1.82) is 0 Å². The summed E-state index contributed by atoms with van der Waals surface area (Å²) in [5.41, 5.74) is 1.99. The fraction of sp³-hybridized carbons (Fsp3) is 0.800. The maximum absolute atomic E-state index is 12.0. The van der Waals surface area contributed by atoms with E-state index in [4.69, 9.17) is 9.47 Å². The van der Waals surface area contributed by atoms with Crippen LogP contribution in [0.2, 0.25) is 0 Å². The molecule has 1 amide bonds. The second kappa shape index (κ2) is 8.19. The van der Waals surface area contributed by atoms with Crippen LogP contribution < -0.4 is 10.1 Å². The standard InChI is InChI=1S/C30H44N2O3/c1-18(17-35-26-14-19(10-13-32-26)27(33)31-4)22-6-7-23-21-15-25(34-5)30-16-20(30)8-12-29(30,3)24(21)9-11-28(22,23)2/h10,13-14,18,20-25H,6-9,11-12,15-17H2,1-5H3,(H,31,33)/t18?,20-,21+,22-,23+,24+,25?,28-,29-,30-/m1/s1. The van der Waals surface area contributed by atoms with Gasteiger partial charge in [-0.25, -0.2) is 4.98 Å². The van der Waals surface area contributed by atoms with Gasteiger partial charge in [0, 0.05) is 37.4 Å². The topological polar surface area (TPSA) is 60.5 Å². The molecule has 5 saturated carbocycles. The van der Waals surface area contributed by atoms with E-state index in [9.17, 15) is 4.79 Å². The number of nitrogens with one attached hydrogen (secondary N) is 1. The highest BCUT2D eigenvalue weighted by molar-refractivity contribution is 5.94. The van der Waals surface area contributed by atoms with Gasteiger partial charge in [-0.05, 0) is 104 Å². The first-order valence-electron chi connectivity index (χ1n) is 14.1. The van der Waals surface area contributed by atoms with E-state index >= 15 is 0 Å². The van der Waals surface area contributed by atoms with Crippen LogP contribution in [0.3, 0.4) is 0 Å². The monoisotopic (exact) mass is 480 g/mol. The Morgan fingerprint density at radius 1 is 1.20 bits per heavy atom. The van der Waals surface area contributed by atoms with E-state index in [1.54, 1.807) is 25.4 Å². The van der Waals surface area contributed by atoms with Gasteiger partial charge in [-0.3, -0.25) is 4.79 Å². The van der Waals surface area contributed by atoms with Gasteiger partial charge in [0.15, 0.2) is 0 Å². The molecule has 5 fully saturated rings. The number of rotatable bonds is 6. The number of nitrogens with zero attached hydrogens (tertiary/aromatic N) is 1. The SMILES string of the molecule is CNC(=O)c1ccnc(OCC(C)[C@H]2CC[C@H]3[C@@H]4CC(OC)[C@@]56C[C@H]5CC[C@]6(C)[C@H]4CC[C@]23C)c1. The average Bonchev–Trinajstić information content (AvgIpc) is 3.38. The number of aromatic nitrogens is 1. The highest BCUT2D eigenvalue weighted by atomic mass is 16.5. The summed E-state index contributed by atoms with van der Waals surface area (Å²) < 4.78 is 12.4. The lowest BCUT2D eigenvalue weighted by Gasteiger charge is -2.61.